The molecule has 0 saturated carbocycles. The number of anilines is 1. The molecule has 0 radical (unpaired) electrons. The molecule has 1 aromatic heterocycles. The Morgan fingerprint density at radius 2 is 2.00 bits per heavy atom. The molecule has 164 valence electrons. The summed E-state index contributed by atoms with van der Waals surface area (Å²) in [6.07, 6.45) is 0.595. The topological polar surface area (TPSA) is 81.5 Å². The van der Waals surface area contributed by atoms with Crippen LogP contribution in [0, 0.1) is 0 Å². The normalized spacial score (nSPS) is 14.2. The van der Waals surface area contributed by atoms with Crippen molar-refractivity contribution >= 4 is 23.6 Å². The number of carbonyl (C=O) groups is 1. The summed E-state index contributed by atoms with van der Waals surface area (Å²) in [4.78, 5) is 14.3. The summed E-state index contributed by atoms with van der Waals surface area (Å²) in [5, 5.41) is 12.1. The van der Waals surface area contributed by atoms with Gasteiger partial charge in [0.05, 0.1) is 19.0 Å². The number of amides is 1. The molecule has 8 nitrogen and oxygen atoms in total. The first-order valence-electron chi connectivity index (χ1n) is 9.76. The Kier molecular flexibility index (Phi) is 8.26. The van der Waals surface area contributed by atoms with Crippen LogP contribution >= 0.6 is 11.8 Å². The smallest absolute Gasteiger partial charge is 0.387 e. The number of ether oxygens (including phenoxy) is 2. The Hall–Kier alpha value is -2.40. The zero-order valence-electron chi connectivity index (χ0n) is 16.7. The number of alkyl halides is 2. The third-order valence-electron chi connectivity index (χ3n) is 4.52. The van der Waals surface area contributed by atoms with Crippen LogP contribution in [0.4, 0.5) is 14.7 Å². The number of hydrogen-bond acceptors (Lipinski definition) is 7. The van der Waals surface area contributed by atoms with Crippen molar-refractivity contribution in [2.45, 2.75) is 31.7 Å². The first-order chi connectivity index (χ1) is 14.6. The van der Waals surface area contributed by atoms with Gasteiger partial charge in [0.25, 0.3) is 0 Å². The average molecular weight is 442 g/mol. The van der Waals surface area contributed by atoms with Crippen molar-refractivity contribution in [2.24, 2.45) is 0 Å². The molecule has 0 unspecified atom stereocenters. The van der Waals surface area contributed by atoms with Gasteiger partial charge < -0.3 is 19.7 Å². The molecule has 0 bridgehead atoms. The van der Waals surface area contributed by atoms with Gasteiger partial charge in [0.15, 0.2) is 5.16 Å². The van der Waals surface area contributed by atoms with Crippen molar-refractivity contribution in [2.75, 3.05) is 43.5 Å². The summed E-state index contributed by atoms with van der Waals surface area (Å²) in [7, 11) is 0. The lowest BCUT2D eigenvalue weighted by Crippen LogP contribution is -2.38. The molecule has 1 aliphatic heterocycles. The number of aromatic nitrogens is 3. The van der Waals surface area contributed by atoms with Gasteiger partial charge >= 0.3 is 6.61 Å². The molecule has 2 aromatic rings. The van der Waals surface area contributed by atoms with E-state index >= 15 is 0 Å². The van der Waals surface area contributed by atoms with Crippen molar-refractivity contribution in [3.63, 3.8) is 0 Å². The van der Waals surface area contributed by atoms with Crippen LogP contribution in [0.15, 0.2) is 29.4 Å². The van der Waals surface area contributed by atoms with E-state index < -0.39 is 6.61 Å². The third-order valence-corrected chi connectivity index (χ3v) is 5.49. The highest BCUT2D eigenvalue weighted by Crippen LogP contribution is 2.22. The van der Waals surface area contributed by atoms with E-state index in [2.05, 4.69) is 25.2 Å². The Labute approximate surface area is 177 Å². The second-order valence-corrected chi connectivity index (χ2v) is 7.48. The highest BCUT2D eigenvalue weighted by Gasteiger charge is 2.20. The lowest BCUT2D eigenvalue weighted by molar-refractivity contribution is -0.118. The van der Waals surface area contributed by atoms with Gasteiger partial charge in [0.2, 0.25) is 11.9 Å². The van der Waals surface area contributed by atoms with E-state index in [0.717, 1.165) is 31.1 Å². The molecule has 1 fully saturated rings. The van der Waals surface area contributed by atoms with Gasteiger partial charge in [-0.1, -0.05) is 23.9 Å². The minimum Gasteiger partial charge on any atom is -0.435 e. The van der Waals surface area contributed by atoms with Crippen LogP contribution in [0.2, 0.25) is 0 Å². The van der Waals surface area contributed by atoms with Gasteiger partial charge in [0, 0.05) is 26.2 Å². The number of hydrogen-bond donors (Lipinski definition) is 1. The van der Waals surface area contributed by atoms with Gasteiger partial charge in [0.1, 0.15) is 5.75 Å². The molecule has 1 N–H and O–H groups in total. The molecule has 0 spiro atoms. The summed E-state index contributed by atoms with van der Waals surface area (Å²) >= 11 is 1.35. The predicted octanol–water partition coefficient (Wildman–Crippen LogP) is 2.19. The van der Waals surface area contributed by atoms with Crippen molar-refractivity contribution in [1.29, 1.82) is 0 Å². The number of rotatable bonds is 10. The third kappa shape index (κ3) is 6.30. The largest absolute Gasteiger partial charge is 0.435 e. The molecule has 0 aliphatic carbocycles. The van der Waals surface area contributed by atoms with Gasteiger partial charge in [-0.15, -0.1) is 10.2 Å². The average Bonchev–Trinajstić information content (AvgIpc) is 3.17. The number of nitrogens with zero attached hydrogens (tertiary/aromatic N) is 4. The van der Waals surface area contributed by atoms with E-state index in [-0.39, 0.29) is 17.4 Å². The number of morpholine rings is 1. The Bertz CT molecular complexity index is 813. The van der Waals surface area contributed by atoms with Crippen LogP contribution < -0.4 is 15.0 Å². The van der Waals surface area contributed by atoms with E-state index in [1.165, 1.54) is 23.9 Å². The van der Waals surface area contributed by atoms with Gasteiger partial charge in [-0.2, -0.15) is 8.78 Å². The van der Waals surface area contributed by atoms with E-state index in [1.807, 2.05) is 11.5 Å². The van der Waals surface area contributed by atoms with Crippen LogP contribution in [-0.4, -0.2) is 65.9 Å². The first kappa shape index (κ1) is 22.3. The summed E-state index contributed by atoms with van der Waals surface area (Å²) in [6.45, 7) is 3.25. The van der Waals surface area contributed by atoms with Crippen molar-refractivity contribution < 1.29 is 23.0 Å². The Morgan fingerprint density at radius 1 is 1.27 bits per heavy atom. The SMILES string of the molecule is CCn1c(SCC(=O)NCCc2ccc(OC(F)F)cc2)nnc1N1CCOCC1. The fourth-order valence-corrected chi connectivity index (χ4v) is 3.85. The van der Waals surface area contributed by atoms with Crippen molar-refractivity contribution in [3.8, 4) is 5.75 Å². The summed E-state index contributed by atoms with van der Waals surface area (Å²) in [6, 6.07) is 6.39. The Morgan fingerprint density at radius 3 is 2.67 bits per heavy atom. The molecule has 1 saturated heterocycles. The lowest BCUT2D eigenvalue weighted by atomic mass is 10.1. The quantitative estimate of drug-likeness (QED) is 0.566. The highest BCUT2D eigenvalue weighted by atomic mass is 32.2. The molecular formula is C19H25F2N5O3S. The van der Waals surface area contributed by atoms with E-state index in [1.54, 1.807) is 12.1 Å². The first-order valence-corrected chi connectivity index (χ1v) is 10.7. The van der Waals surface area contributed by atoms with Crippen molar-refractivity contribution in [3.05, 3.63) is 29.8 Å². The number of benzene rings is 1. The molecule has 1 aromatic carbocycles. The van der Waals surface area contributed by atoms with Crippen LogP contribution in [0.5, 0.6) is 5.75 Å². The summed E-state index contributed by atoms with van der Waals surface area (Å²) < 4.78 is 36.0. The zero-order valence-corrected chi connectivity index (χ0v) is 17.5. The van der Waals surface area contributed by atoms with Crippen LogP contribution in [-0.2, 0) is 22.5 Å². The maximum atomic E-state index is 12.2. The number of halogens is 2. The molecule has 2 heterocycles. The summed E-state index contributed by atoms with van der Waals surface area (Å²) in [5.41, 5.74) is 0.922. The maximum Gasteiger partial charge on any atom is 0.387 e. The van der Waals surface area contributed by atoms with E-state index in [0.29, 0.717) is 31.3 Å². The number of carbonyl (C=O) groups excluding carboxylic acids is 1. The van der Waals surface area contributed by atoms with Crippen LogP contribution in [0.1, 0.15) is 12.5 Å². The predicted molar refractivity (Wildman–Crippen MR) is 109 cm³/mol. The number of nitrogens with one attached hydrogen (secondary N) is 1. The van der Waals surface area contributed by atoms with Crippen LogP contribution in [0.25, 0.3) is 0 Å². The van der Waals surface area contributed by atoms with Crippen LogP contribution in [0.3, 0.4) is 0 Å². The minimum atomic E-state index is -2.84. The fraction of sp³-hybridized carbons (Fsp3) is 0.526. The maximum absolute atomic E-state index is 12.2. The molecular weight excluding hydrogens is 416 g/mol. The minimum absolute atomic E-state index is 0.101. The van der Waals surface area contributed by atoms with Crippen molar-refractivity contribution in [1.82, 2.24) is 20.1 Å². The molecule has 0 atom stereocenters. The molecule has 11 heteroatoms. The summed E-state index contributed by atoms with van der Waals surface area (Å²) in [5.74, 6) is 1.06. The fourth-order valence-electron chi connectivity index (χ4n) is 3.03. The molecule has 30 heavy (non-hydrogen) atoms. The van der Waals surface area contributed by atoms with Gasteiger partial charge in [-0.3, -0.25) is 9.36 Å². The monoisotopic (exact) mass is 441 g/mol. The lowest BCUT2D eigenvalue weighted by Gasteiger charge is -2.27. The highest BCUT2D eigenvalue weighted by molar-refractivity contribution is 7.99. The molecule has 3 rings (SSSR count). The molecule has 1 amide bonds. The Balaban J connectivity index is 1.43. The second-order valence-electron chi connectivity index (χ2n) is 6.54. The van der Waals surface area contributed by atoms with Gasteiger partial charge in [-0.05, 0) is 31.0 Å². The zero-order chi connectivity index (χ0) is 21.3. The van der Waals surface area contributed by atoms with E-state index in [4.69, 9.17) is 4.74 Å². The molecule has 1 aliphatic rings. The van der Waals surface area contributed by atoms with E-state index in [9.17, 15) is 13.6 Å². The number of thioether (sulfide) groups is 1. The van der Waals surface area contributed by atoms with Gasteiger partial charge in [-0.25, -0.2) is 0 Å². The second kappa shape index (κ2) is 11.1. The standard InChI is InChI=1S/C19H25F2N5O3S/c1-2-26-18(25-9-11-28-12-10-25)23-24-19(26)30-13-16(27)22-8-7-14-3-5-15(6-4-14)29-17(20)21/h3-6,17H,2,7-13H2,1H3,(H,22,27).